The van der Waals surface area contributed by atoms with Crippen LogP contribution in [0.15, 0.2) is 30.5 Å². The molecule has 4 nitrogen and oxygen atoms in total. The Morgan fingerprint density at radius 1 is 1.47 bits per heavy atom. The third-order valence-corrected chi connectivity index (χ3v) is 3.22. The van der Waals surface area contributed by atoms with Gasteiger partial charge in [0.25, 0.3) is 0 Å². The highest BCUT2D eigenvalue weighted by Gasteiger charge is 2.09. The first-order valence-corrected chi connectivity index (χ1v) is 5.91. The van der Waals surface area contributed by atoms with Gasteiger partial charge in [0, 0.05) is 0 Å². The average molecular weight is 270 g/mol. The lowest BCUT2D eigenvalue weighted by Crippen LogP contribution is -1.94. The van der Waals surface area contributed by atoms with Crippen molar-refractivity contribution < 1.29 is 14.6 Å². The Balaban J connectivity index is 2.02. The molecule has 0 unspecified atom stereocenters. The van der Waals surface area contributed by atoms with Gasteiger partial charge in [-0.25, -0.2) is 9.78 Å². The Bertz CT molecular complexity index is 541. The maximum absolute atomic E-state index is 10.7. The summed E-state index contributed by atoms with van der Waals surface area (Å²) >= 11 is 7.00. The Morgan fingerprint density at radius 3 is 2.88 bits per heavy atom. The number of nitrogens with zero attached hydrogens (tertiary/aromatic N) is 1. The number of aromatic carboxylic acids is 1. The summed E-state index contributed by atoms with van der Waals surface area (Å²) in [5.41, 5.74) is 0. The SMILES string of the molecule is O=C(O)c1cnc(COc2ccccc2Cl)s1. The number of benzene rings is 1. The molecular formula is C11H8ClNO3S. The molecule has 0 fully saturated rings. The van der Waals surface area contributed by atoms with Crippen LogP contribution in [0, 0.1) is 0 Å². The number of hydrogen-bond donors (Lipinski definition) is 1. The number of hydrogen-bond acceptors (Lipinski definition) is 4. The molecule has 88 valence electrons. The molecule has 1 N–H and O–H groups in total. The second-order valence-corrected chi connectivity index (χ2v) is 4.66. The molecule has 1 aromatic carbocycles. The minimum absolute atomic E-state index is 0.197. The fourth-order valence-corrected chi connectivity index (χ4v) is 2.04. The van der Waals surface area contributed by atoms with Crippen molar-refractivity contribution in [1.82, 2.24) is 4.98 Å². The molecule has 0 aliphatic carbocycles. The van der Waals surface area contributed by atoms with Crippen LogP contribution < -0.4 is 4.74 Å². The number of aromatic nitrogens is 1. The van der Waals surface area contributed by atoms with Crippen LogP contribution in [-0.4, -0.2) is 16.1 Å². The van der Waals surface area contributed by atoms with E-state index in [0.29, 0.717) is 15.8 Å². The number of rotatable bonds is 4. The summed E-state index contributed by atoms with van der Waals surface area (Å²) in [6, 6.07) is 7.09. The fourth-order valence-electron chi connectivity index (χ4n) is 1.18. The number of thiazole rings is 1. The number of para-hydroxylation sites is 1. The van der Waals surface area contributed by atoms with Crippen LogP contribution in [0.4, 0.5) is 0 Å². The molecule has 17 heavy (non-hydrogen) atoms. The van der Waals surface area contributed by atoms with Crippen LogP contribution in [0.25, 0.3) is 0 Å². The van der Waals surface area contributed by atoms with Gasteiger partial charge in [-0.05, 0) is 12.1 Å². The van der Waals surface area contributed by atoms with Crippen molar-refractivity contribution in [3.63, 3.8) is 0 Å². The van der Waals surface area contributed by atoms with Gasteiger partial charge in [0.1, 0.15) is 22.2 Å². The van der Waals surface area contributed by atoms with Crippen molar-refractivity contribution in [1.29, 1.82) is 0 Å². The van der Waals surface area contributed by atoms with Gasteiger partial charge in [-0.2, -0.15) is 0 Å². The van der Waals surface area contributed by atoms with E-state index < -0.39 is 5.97 Å². The van der Waals surface area contributed by atoms with Crippen LogP contribution in [0.2, 0.25) is 5.02 Å². The highest BCUT2D eigenvalue weighted by molar-refractivity contribution is 7.13. The molecule has 0 spiro atoms. The zero-order valence-electron chi connectivity index (χ0n) is 8.59. The van der Waals surface area contributed by atoms with Crippen molar-refractivity contribution in [2.75, 3.05) is 0 Å². The van der Waals surface area contributed by atoms with Gasteiger partial charge in [-0.3, -0.25) is 0 Å². The summed E-state index contributed by atoms with van der Waals surface area (Å²) in [4.78, 5) is 14.8. The highest BCUT2D eigenvalue weighted by Crippen LogP contribution is 2.24. The van der Waals surface area contributed by atoms with Crippen LogP contribution in [-0.2, 0) is 6.61 Å². The summed E-state index contributed by atoms with van der Waals surface area (Å²) < 4.78 is 5.44. The minimum atomic E-state index is -0.980. The lowest BCUT2D eigenvalue weighted by Gasteiger charge is -2.04. The quantitative estimate of drug-likeness (QED) is 0.927. The number of halogens is 1. The normalized spacial score (nSPS) is 10.2. The van der Waals surface area contributed by atoms with E-state index in [2.05, 4.69) is 4.98 Å². The van der Waals surface area contributed by atoms with Crippen molar-refractivity contribution >= 4 is 28.9 Å². The van der Waals surface area contributed by atoms with Gasteiger partial charge >= 0.3 is 5.97 Å². The van der Waals surface area contributed by atoms with E-state index in [-0.39, 0.29) is 11.5 Å². The van der Waals surface area contributed by atoms with E-state index >= 15 is 0 Å². The topological polar surface area (TPSA) is 59.4 Å². The molecule has 0 saturated heterocycles. The van der Waals surface area contributed by atoms with Gasteiger partial charge in [0.05, 0.1) is 11.2 Å². The molecule has 0 radical (unpaired) electrons. The molecule has 6 heteroatoms. The molecule has 2 rings (SSSR count). The predicted octanol–water partition coefficient (Wildman–Crippen LogP) is 3.07. The van der Waals surface area contributed by atoms with Crippen molar-refractivity contribution in [3.8, 4) is 5.75 Å². The second-order valence-electron chi connectivity index (χ2n) is 3.14. The zero-order valence-corrected chi connectivity index (χ0v) is 10.2. The lowest BCUT2D eigenvalue weighted by molar-refractivity contribution is 0.0702. The van der Waals surface area contributed by atoms with Crippen molar-refractivity contribution in [2.45, 2.75) is 6.61 Å². The average Bonchev–Trinajstić information content (AvgIpc) is 2.77. The van der Waals surface area contributed by atoms with E-state index in [1.54, 1.807) is 18.2 Å². The molecule has 2 aromatic rings. The largest absolute Gasteiger partial charge is 0.485 e. The number of carboxylic acids is 1. The number of ether oxygens (including phenoxy) is 1. The van der Waals surface area contributed by atoms with E-state index in [0.717, 1.165) is 11.3 Å². The van der Waals surface area contributed by atoms with Gasteiger partial charge in [-0.15, -0.1) is 11.3 Å². The molecule has 1 aromatic heterocycles. The first-order valence-electron chi connectivity index (χ1n) is 4.72. The van der Waals surface area contributed by atoms with Gasteiger partial charge < -0.3 is 9.84 Å². The van der Waals surface area contributed by atoms with Crippen molar-refractivity contribution in [3.05, 3.63) is 45.4 Å². The Labute approximate surface area is 106 Å². The van der Waals surface area contributed by atoms with Gasteiger partial charge in [0.2, 0.25) is 0 Å². The zero-order chi connectivity index (χ0) is 12.3. The fraction of sp³-hybridized carbons (Fsp3) is 0.0909. The minimum Gasteiger partial charge on any atom is -0.485 e. The summed E-state index contributed by atoms with van der Waals surface area (Å²) in [5, 5.41) is 9.85. The predicted molar refractivity (Wildman–Crippen MR) is 64.9 cm³/mol. The third-order valence-electron chi connectivity index (χ3n) is 1.95. The Hall–Kier alpha value is -1.59. The maximum atomic E-state index is 10.7. The van der Waals surface area contributed by atoms with E-state index in [1.807, 2.05) is 6.07 Å². The van der Waals surface area contributed by atoms with E-state index in [4.69, 9.17) is 21.4 Å². The summed E-state index contributed by atoms with van der Waals surface area (Å²) in [6.07, 6.45) is 1.32. The third kappa shape index (κ3) is 2.95. The number of carbonyl (C=O) groups is 1. The smallest absolute Gasteiger partial charge is 0.347 e. The highest BCUT2D eigenvalue weighted by atomic mass is 35.5. The van der Waals surface area contributed by atoms with E-state index in [1.165, 1.54) is 6.20 Å². The van der Waals surface area contributed by atoms with Gasteiger partial charge in [-0.1, -0.05) is 23.7 Å². The van der Waals surface area contributed by atoms with Crippen molar-refractivity contribution in [2.24, 2.45) is 0 Å². The molecule has 0 saturated carbocycles. The Morgan fingerprint density at radius 2 is 2.24 bits per heavy atom. The molecule has 0 amide bonds. The summed E-state index contributed by atoms with van der Waals surface area (Å²) in [5.74, 6) is -0.423. The van der Waals surface area contributed by atoms with Gasteiger partial charge in [0.15, 0.2) is 0 Å². The molecule has 0 atom stereocenters. The molecule has 0 aliphatic rings. The second kappa shape index (κ2) is 5.16. The standard InChI is InChI=1S/C11H8ClNO3S/c12-7-3-1-2-4-8(7)16-6-10-13-5-9(17-10)11(14)15/h1-5H,6H2,(H,14,15). The van der Waals surface area contributed by atoms with Crippen LogP contribution in [0.5, 0.6) is 5.75 Å². The lowest BCUT2D eigenvalue weighted by atomic mass is 10.3. The molecule has 1 heterocycles. The molecule has 0 aliphatic heterocycles. The first kappa shape index (κ1) is 11.9. The maximum Gasteiger partial charge on any atom is 0.347 e. The van der Waals surface area contributed by atoms with Crippen LogP contribution in [0.1, 0.15) is 14.7 Å². The monoisotopic (exact) mass is 269 g/mol. The first-order chi connectivity index (χ1) is 8.16. The Kier molecular flexibility index (Phi) is 3.61. The number of carboxylic acid groups (broad SMARTS) is 1. The van der Waals surface area contributed by atoms with E-state index in [9.17, 15) is 4.79 Å². The van der Waals surface area contributed by atoms with Crippen LogP contribution >= 0.6 is 22.9 Å². The van der Waals surface area contributed by atoms with Crippen LogP contribution in [0.3, 0.4) is 0 Å². The summed E-state index contributed by atoms with van der Waals surface area (Å²) in [7, 11) is 0. The molecule has 0 bridgehead atoms. The summed E-state index contributed by atoms with van der Waals surface area (Å²) in [6.45, 7) is 0.210. The molecular weight excluding hydrogens is 262 g/mol.